The van der Waals surface area contributed by atoms with Gasteiger partial charge in [0, 0.05) is 13.1 Å². The van der Waals surface area contributed by atoms with Crippen LogP contribution in [0.5, 0.6) is 0 Å². The second-order valence-electron chi connectivity index (χ2n) is 4.62. The van der Waals surface area contributed by atoms with Crippen LogP contribution in [-0.4, -0.2) is 46.6 Å². The lowest BCUT2D eigenvalue weighted by Gasteiger charge is -2.41. The molecule has 0 saturated heterocycles. The molecule has 1 atom stereocenters. The molecule has 0 bridgehead atoms. The molecule has 1 aliphatic rings. The summed E-state index contributed by atoms with van der Waals surface area (Å²) in [5.74, 6) is -0.870. The predicted octanol–water partition coefficient (Wildman–Crippen LogP) is 0.840. The van der Waals surface area contributed by atoms with Crippen LogP contribution < -0.4 is 5.32 Å². The van der Waals surface area contributed by atoms with Gasteiger partial charge in [0.1, 0.15) is 5.54 Å². The van der Waals surface area contributed by atoms with Crippen LogP contribution in [0.15, 0.2) is 0 Å². The second-order valence-corrected chi connectivity index (χ2v) is 4.62. The first-order chi connectivity index (χ1) is 7.96. The number of carbonyl (C=O) groups is 2. The Morgan fingerprint density at radius 1 is 1.35 bits per heavy atom. The van der Waals surface area contributed by atoms with Gasteiger partial charge in [-0.1, -0.05) is 0 Å². The number of amides is 1. The largest absolute Gasteiger partial charge is 0.480 e. The summed E-state index contributed by atoms with van der Waals surface area (Å²) >= 11 is 0. The Balaban J connectivity index is 2.62. The molecule has 17 heavy (non-hydrogen) atoms. The lowest BCUT2D eigenvalue weighted by atomic mass is 9.76. The maximum absolute atomic E-state index is 12.0. The van der Waals surface area contributed by atoms with Gasteiger partial charge in [-0.05, 0) is 40.0 Å². The molecule has 0 aromatic heterocycles. The first-order valence-corrected chi connectivity index (χ1v) is 6.26. The van der Waals surface area contributed by atoms with Crippen molar-refractivity contribution < 1.29 is 14.7 Å². The Hall–Kier alpha value is -1.10. The number of rotatable bonds is 6. The molecule has 0 aromatic rings. The highest BCUT2D eigenvalue weighted by atomic mass is 16.4. The minimum atomic E-state index is -0.873. The van der Waals surface area contributed by atoms with Gasteiger partial charge >= 0.3 is 5.97 Å². The van der Waals surface area contributed by atoms with Gasteiger partial charge in [0.2, 0.25) is 5.91 Å². The van der Waals surface area contributed by atoms with Crippen molar-refractivity contribution in [2.45, 2.75) is 51.6 Å². The van der Waals surface area contributed by atoms with Crippen LogP contribution in [0.1, 0.15) is 40.0 Å². The summed E-state index contributed by atoms with van der Waals surface area (Å²) in [4.78, 5) is 24.9. The fraction of sp³-hybridized carbons (Fsp3) is 0.833. The molecule has 0 aliphatic heterocycles. The molecule has 0 aromatic carbocycles. The van der Waals surface area contributed by atoms with E-state index in [4.69, 9.17) is 0 Å². The van der Waals surface area contributed by atoms with Crippen molar-refractivity contribution in [3.63, 3.8) is 0 Å². The molecule has 5 heteroatoms. The SMILES string of the molecule is CCN(CC)C(=O)C(C)NC1(C(=O)O)CCC1. The molecule has 0 spiro atoms. The smallest absolute Gasteiger partial charge is 0.323 e. The standard InChI is InChI=1S/C12H22N2O3/c1-4-14(5-2)10(15)9(3)13-12(11(16)17)7-6-8-12/h9,13H,4-8H2,1-3H3,(H,16,17). The first-order valence-electron chi connectivity index (χ1n) is 6.26. The highest BCUT2D eigenvalue weighted by Gasteiger charge is 2.46. The third-order valence-electron chi connectivity index (χ3n) is 3.55. The first kappa shape index (κ1) is 14.0. The molecule has 1 rings (SSSR count). The molecule has 2 N–H and O–H groups in total. The maximum atomic E-state index is 12.0. The highest BCUT2D eigenvalue weighted by Crippen LogP contribution is 2.32. The van der Waals surface area contributed by atoms with Crippen LogP contribution in [0.4, 0.5) is 0 Å². The Kier molecular flexibility index (Phi) is 4.51. The van der Waals surface area contributed by atoms with E-state index < -0.39 is 17.6 Å². The van der Waals surface area contributed by atoms with Crippen molar-refractivity contribution in [1.29, 1.82) is 0 Å². The fourth-order valence-electron chi connectivity index (χ4n) is 2.24. The normalized spacial score (nSPS) is 19.2. The number of carboxylic acid groups (broad SMARTS) is 1. The molecule has 1 unspecified atom stereocenters. The van der Waals surface area contributed by atoms with E-state index in [9.17, 15) is 14.7 Å². The van der Waals surface area contributed by atoms with Crippen molar-refractivity contribution >= 4 is 11.9 Å². The van der Waals surface area contributed by atoms with Crippen LogP contribution in [0, 0.1) is 0 Å². The van der Waals surface area contributed by atoms with E-state index in [1.807, 2.05) is 13.8 Å². The number of nitrogens with one attached hydrogen (secondary N) is 1. The maximum Gasteiger partial charge on any atom is 0.323 e. The topological polar surface area (TPSA) is 69.6 Å². The molecule has 0 heterocycles. The Labute approximate surface area is 102 Å². The van der Waals surface area contributed by atoms with Gasteiger partial charge in [-0.2, -0.15) is 0 Å². The summed E-state index contributed by atoms with van der Waals surface area (Å²) in [6, 6.07) is -0.439. The number of aliphatic carboxylic acids is 1. The number of likely N-dealkylation sites (N-methyl/N-ethyl adjacent to an activating group) is 1. The molecule has 1 fully saturated rings. The lowest BCUT2D eigenvalue weighted by molar-refractivity contribution is -0.150. The van der Waals surface area contributed by atoms with Gasteiger partial charge in [0.25, 0.3) is 0 Å². The molecular formula is C12H22N2O3. The molecule has 5 nitrogen and oxygen atoms in total. The summed E-state index contributed by atoms with van der Waals surface area (Å²) in [7, 11) is 0. The van der Waals surface area contributed by atoms with Gasteiger partial charge in [0.05, 0.1) is 6.04 Å². The van der Waals surface area contributed by atoms with Crippen LogP contribution in [0.2, 0.25) is 0 Å². The predicted molar refractivity (Wildman–Crippen MR) is 64.7 cm³/mol. The van der Waals surface area contributed by atoms with E-state index in [0.29, 0.717) is 25.9 Å². The second kappa shape index (κ2) is 5.49. The Bertz CT molecular complexity index is 296. The Morgan fingerprint density at radius 2 is 1.88 bits per heavy atom. The summed E-state index contributed by atoms with van der Waals surface area (Å²) in [6.45, 7) is 6.89. The van der Waals surface area contributed by atoms with Crippen LogP contribution >= 0.6 is 0 Å². The van der Waals surface area contributed by atoms with E-state index in [2.05, 4.69) is 5.32 Å². The molecule has 1 saturated carbocycles. The number of nitrogens with zero attached hydrogens (tertiary/aromatic N) is 1. The van der Waals surface area contributed by atoms with E-state index >= 15 is 0 Å². The number of hydrogen-bond acceptors (Lipinski definition) is 3. The van der Waals surface area contributed by atoms with Crippen molar-refractivity contribution in [3.05, 3.63) is 0 Å². The molecule has 1 aliphatic carbocycles. The number of carboxylic acids is 1. The summed E-state index contributed by atoms with van der Waals surface area (Å²) in [6.07, 6.45) is 2.13. The van der Waals surface area contributed by atoms with Crippen molar-refractivity contribution in [1.82, 2.24) is 10.2 Å². The van der Waals surface area contributed by atoms with E-state index in [1.165, 1.54) is 0 Å². The summed E-state index contributed by atoms with van der Waals surface area (Å²) in [5, 5.41) is 12.2. The van der Waals surface area contributed by atoms with E-state index in [0.717, 1.165) is 6.42 Å². The zero-order valence-electron chi connectivity index (χ0n) is 10.8. The third-order valence-corrected chi connectivity index (χ3v) is 3.55. The minimum absolute atomic E-state index is 0.0254. The van der Waals surface area contributed by atoms with Crippen molar-refractivity contribution in [3.8, 4) is 0 Å². The van der Waals surface area contributed by atoms with Crippen molar-refractivity contribution in [2.75, 3.05) is 13.1 Å². The van der Waals surface area contributed by atoms with Crippen molar-refractivity contribution in [2.24, 2.45) is 0 Å². The van der Waals surface area contributed by atoms with E-state index in [-0.39, 0.29) is 5.91 Å². The monoisotopic (exact) mass is 242 g/mol. The minimum Gasteiger partial charge on any atom is -0.480 e. The Morgan fingerprint density at radius 3 is 2.18 bits per heavy atom. The zero-order chi connectivity index (χ0) is 13.1. The van der Waals surface area contributed by atoms with Gasteiger partial charge in [-0.25, -0.2) is 0 Å². The average Bonchev–Trinajstić information content (AvgIpc) is 2.24. The molecule has 1 amide bonds. The average molecular weight is 242 g/mol. The summed E-state index contributed by atoms with van der Waals surface area (Å²) in [5.41, 5.74) is -0.873. The van der Waals surface area contributed by atoms with Crippen LogP contribution in [-0.2, 0) is 9.59 Å². The third kappa shape index (κ3) is 2.77. The number of hydrogen-bond donors (Lipinski definition) is 2. The quantitative estimate of drug-likeness (QED) is 0.724. The number of carbonyl (C=O) groups excluding carboxylic acids is 1. The van der Waals surface area contributed by atoms with Gasteiger partial charge in [-0.3, -0.25) is 14.9 Å². The molecule has 0 radical (unpaired) electrons. The van der Waals surface area contributed by atoms with Crippen LogP contribution in [0.25, 0.3) is 0 Å². The fourth-order valence-corrected chi connectivity index (χ4v) is 2.24. The molecule has 98 valence electrons. The van der Waals surface area contributed by atoms with Gasteiger partial charge in [-0.15, -0.1) is 0 Å². The summed E-state index contributed by atoms with van der Waals surface area (Å²) < 4.78 is 0. The van der Waals surface area contributed by atoms with E-state index in [1.54, 1.807) is 11.8 Å². The zero-order valence-corrected chi connectivity index (χ0v) is 10.8. The van der Waals surface area contributed by atoms with Gasteiger partial charge < -0.3 is 10.0 Å². The molecular weight excluding hydrogens is 220 g/mol. The lowest BCUT2D eigenvalue weighted by Crippen LogP contribution is -2.62. The van der Waals surface area contributed by atoms with Crippen LogP contribution in [0.3, 0.4) is 0 Å². The highest BCUT2D eigenvalue weighted by molar-refractivity contribution is 5.84. The van der Waals surface area contributed by atoms with Gasteiger partial charge in [0.15, 0.2) is 0 Å².